The zero-order valence-electron chi connectivity index (χ0n) is 22.0. The number of piperidine rings is 1. The lowest BCUT2D eigenvalue weighted by Gasteiger charge is -2.36. The van der Waals surface area contributed by atoms with Crippen LogP contribution in [0.4, 0.5) is 11.4 Å². The van der Waals surface area contributed by atoms with E-state index in [1.807, 2.05) is 30.3 Å². The molecule has 2 N–H and O–H groups in total. The Labute approximate surface area is 223 Å². The maximum absolute atomic E-state index is 13.3. The lowest BCUT2D eigenvalue weighted by atomic mass is 9.82. The average molecular weight is 518 g/mol. The van der Waals surface area contributed by atoms with Gasteiger partial charge in [-0.25, -0.2) is 0 Å². The van der Waals surface area contributed by atoms with Gasteiger partial charge in [0.25, 0.3) is 5.91 Å². The molecule has 0 radical (unpaired) electrons. The van der Waals surface area contributed by atoms with Gasteiger partial charge in [-0.15, -0.1) is 0 Å². The molecule has 3 heterocycles. The van der Waals surface area contributed by atoms with E-state index in [9.17, 15) is 24.6 Å². The maximum Gasteiger partial charge on any atom is 0.264 e. The van der Waals surface area contributed by atoms with Crippen LogP contribution in [-0.2, 0) is 33.0 Å². The number of carbonyl (C=O) groups is 3. The number of hydrogen-bond donors (Lipinski definition) is 2. The van der Waals surface area contributed by atoms with Crippen LogP contribution in [0.3, 0.4) is 0 Å². The molecule has 0 spiro atoms. The van der Waals surface area contributed by atoms with E-state index in [-0.39, 0.29) is 30.9 Å². The van der Waals surface area contributed by atoms with Crippen molar-refractivity contribution >= 4 is 29.1 Å². The van der Waals surface area contributed by atoms with Gasteiger partial charge in [-0.05, 0) is 48.6 Å². The first-order chi connectivity index (χ1) is 18.3. The second kappa shape index (κ2) is 10.3. The zero-order chi connectivity index (χ0) is 27.0. The van der Waals surface area contributed by atoms with E-state index in [4.69, 9.17) is 0 Å². The normalized spacial score (nSPS) is 24.1. The highest BCUT2D eigenvalue weighted by Gasteiger charge is 2.51. The Morgan fingerprint density at radius 3 is 2.66 bits per heavy atom. The molecule has 0 saturated carbocycles. The minimum absolute atomic E-state index is 0.0467. The molecule has 1 saturated heterocycles. The van der Waals surface area contributed by atoms with Crippen LogP contribution in [0, 0.1) is 5.92 Å². The van der Waals surface area contributed by atoms with E-state index >= 15 is 0 Å². The monoisotopic (exact) mass is 517 g/mol. The van der Waals surface area contributed by atoms with Crippen molar-refractivity contribution in [1.29, 1.82) is 0 Å². The van der Waals surface area contributed by atoms with Crippen molar-refractivity contribution in [3.8, 4) is 0 Å². The van der Waals surface area contributed by atoms with Crippen LogP contribution in [0.25, 0.3) is 0 Å². The van der Waals surface area contributed by atoms with E-state index in [0.29, 0.717) is 42.9 Å². The molecule has 0 unspecified atom stereocenters. The van der Waals surface area contributed by atoms with Gasteiger partial charge in [0.15, 0.2) is 5.60 Å². The Morgan fingerprint density at radius 1 is 1.16 bits per heavy atom. The van der Waals surface area contributed by atoms with E-state index in [1.54, 1.807) is 48.1 Å². The Hall–Kier alpha value is -3.49. The molecule has 2 aromatic rings. The van der Waals surface area contributed by atoms with Crippen LogP contribution in [0.5, 0.6) is 0 Å². The molecule has 1 fully saturated rings. The molecule has 0 aliphatic carbocycles. The van der Waals surface area contributed by atoms with Gasteiger partial charge in [0.2, 0.25) is 11.8 Å². The Morgan fingerprint density at radius 2 is 1.92 bits per heavy atom. The van der Waals surface area contributed by atoms with Gasteiger partial charge < -0.3 is 24.9 Å². The predicted molar refractivity (Wildman–Crippen MR) is 144 cm³/mol. The number of amides is 3. The molecule has 0 aromatic heterocycles. The number of hydrogen-bond acceptors (Lipinski definition) is 5. The second-order valence-corrected chi connectivity index (χ2v) is 10.6. The minimum Gasteiger partial charge on any atom is -0.394 e. The molecule has 3 aliphatic heterocycles. The molecule has 38 heavy (non-hydrogen) atoms. The summed E-state index contributed by atoms with van der Waals surface area (Å²) in [5.41, 5.74) is 2.18. The Balaban J connectivity index is 1.34. The highest BCUT2D eigenvalue weighted by atomic mass is 16.3. The van der Waals surface area contributed by atoms with Crippen molar-refractivity contribution in [3.05, 3.63) is 71.3 Å². The molecule has 8 heteroatoms. The zero-order valence-corrected chi connectivity index (χ0v) is 22.0. The van der Waals surface area contributed by atoms with Gasteiger partial charge >= 0.3 is 0 Å². The third kappa shape index (κ3) is 4.41. The van der Waals surface area contributed by atoms with Gasteiger partial charge in [0.1, 0.15) is 0 Å². The number of likely N-dealkylation sites (N-methyl/N-ethyl adjacent to an activating group) is 1. The summed E-state index contributed by atoms with van der Waals surface area (Å²) in [6, 6.07) is 13.0. The molecular weight excluding hydrogens is 482 g/mol. The van der Waals surface area contributed by atoms with Crippen molar-refractivity contribution in [2.24, 2.45) is 5.92 Å². The molecule has 2 aromatic carbocycles. The summed E-state index contributed by atoms with van der Waals surface area (Å²) in [7, 11) is 1.63. The number of carbonyl (C=O) groups excluding carboxylic acids is 3. The number of fused-ring (bicyclic) bond motifs is 2. The van der Waals surface area contributed by atoms with Gasteiger partial charge in [0.05, 0.1) is 18.3 Å². The van der Waals surface area contributed by atoms with Gasteiger partial charge in [-0.3, -0.25) is 14.4 Å². The number of anilines is 2. The molecule has 3 aliphatic rings. The molecule has 3 atom stereocenters. The van der Waals surface area contributed by atoms with Gasteiger partial charge in [-0.1, -0.05) is 43.3 Å². The fraction of sp³-hybridized carbons (Fsp3) is 0.433. The maximum atomic E-state index is 13.3. The number of rotatable bonds is 6. The lowest BCUT2D eigenvalue weighted by Crippen LogP contribution is -2.46. The third-order valence-electron chi connectivity index (χ3n) is 8.28. The molecular formula is C30H35N3O5. The van der Waals surface area contributed by atoms with E-state index in [2.05, 4.69) is 0 Å². The summed E-state index contributed by atoms with van der Waals surface area (Å²) in [5, 5.41) is 21.7. The summed E-state index contributed by atoms with van der Waals surface area (Å²) in [6.07, 6.45) is 6.39. The topological polar surface area (TPSA) is 101 Å². The van der Waals surface area contributed by atoms with Crippen LogP contribution in [-0.4, -0.2) is 59.1 Å². The average Bonchev–Trinajstić information content (AvgIpc) is 3.13. The van der Waals surface area contributed by atoms with E-state index in [0.717, 1.165) is 24.0 Å². The minimum atomic E-state index is -1.81. The standard InChI is InChI=1S/C30H35N3O5/c1-20(8-7-12-28(36)33-18-22-10-4-3-9-21(22)16-24(33)19-34)30(38)25-17-23(32-15-6-5-11-27(32)35)13-14-26(25)31(2)29(30)37/h3-4,7-10,13-14,17,20,24,34,38H,5-6,11-12,15-16,18-19H2,1-2H3/b8-7+/t20-,24-,30+/m0/s1. The number of aliphatic hydroxyl groups excluding tert-OH is 1. The second-order valence-electron chi connectivity index (χ2n) is 10.6. The van der Waals surface area contributed by atoms with Gasteiger partial charge in [0, 0.05) is 50.1 Å². The SMILES string of the molecule is C[C@@H](/C=C/CC(=O)N1Cc2ccccc2C[C@H]1CO)[C@]1(O)C(=O)N(C)c2ccc(N3CCCCC3=O)cc21. The summed E-state index contributed by atoms with van der Waals surface area (Å²) in [5.74, 6) is -1.12. The van der Waals surface area contributed by atoms with E-state index in [1.165, 1.54) is 4.90 Å². The lowest BCUT2D eigenvalue weighted by molar-refractivity contribution is -0.139. The fourth-order valence-electron chi connectivity index (χ4n) is 5.96. The Kier molecular flexibility index (Phi) is 7.11. The molecule has 3 amide bonds. The Bertz CT molecular complexity index is 1290. The van der Waals surface area contributed by atoms with Crippen LogP contribution >= 0.6 is 0 Å². The van der Waals surface area contributed by atoms with Crippen LogP contribution in [0.15, 0.2) is 54.6 Å². The molecule has 5 rings (SSSR count). The summed E-state index contributed by atoms with van der Waals surface area (Å²) in [6.45, 7) is 2.71. The van der Waals surface area contributed by atoms with Crippen molar-refractivity contribution in [3.63, 3.8) is 0 Å². The quantitative estimate of drug-likeness (QED) is 0.574. The van der Waals surface area contributed by atoms with Crippen LogP contribution < -0.4 is 9.80 Å². The summed E-state index contributed by atoms with van der Waals surface area (Å²) in [4.78, 5) is 43.8. The van der Waals surface area contributed by atoms with Crippen molar-refractivity contribution in [2.45, 2.75) is 57.2 Å². The number of nitrogens with zero attached hydrogens (tertiary/aromatic N) is 3. The first-order valence-corrected chi connectivity index (χ1v) is 13.3. The predicted octanol–water partition coefficient (Wildman–Crippen LogP) is 2.90. The van der Waals surface area contributed by atoms with Crippen LogP contribution in [0.2, 0.25) is 0 Å². The van der Waals surface area contributed by atoms with Crippen molar-refractivity contribution in [1.82, 2.24) is 4.90 Å². The molecule has 8 nitrogen and oxygen atoms in total. The highest BCUT2D eigenvalue weighted by molar-refractivity contribution is 6.07. The fourth-order valence-corrected chi connectivity index (χ4v) is 5.96. The highest BCUT2D eigenvalue weighted by Crippen LogP contribution is 2.46. The van der Waals surface area contributed by atoms with Crippen molar-refractivity contribution in [2.75, 3.05) is 30.0 Å². The number of aliphatic hydroxyl groups is 2. The van der Waals surface area contributed by atoms with E-state index < -0.39 is 17.4 Å². The third-order valence-corrected chi connectivity index (χ3v) is 8.28. The summed E-state index contributed by atoms with van der Waals surface area (Å²) >= 11 is 0. The largest absolute Gasteiger partial charge is 0.394 e. The first kappa shape index (κ1) is 26.1. The molecule has 200 valence electrons. The molecule has 0 bridgehead atoms. The summed E-state index contributed by atoms with van der Waals surface area (Å²) < 4.78 is 0. The van der Waals surface area contributed by atoms with Gasteiger partial charge in [-0.2, -0.15) is 0 Å². The first-order valence-electron chi connectivity index (χ1n) is 13.3. The van der Waals surface area contributed by atoms with Crippen LogP contribution in [0.1, 0.15) is 49.3 Å². The smallest absolute Gasteiger partial charge is 0.264 e. The van der Waals surface area contributed by atoms with Crippen molar-refractivity contribution < 1.29 is 24.6 Å². The number of benzene rings is 2.